The molecule has 0 fully saturated rings. The first-order valence-electron chi connectivity index (χ1n) is 8.10. The van der Waals surface area contributed by atoms with Gasteiger partial charge in [0.2, 0.25) is 10.0 Å². The van der Waals surface area contributed by atoms with Gasteiger partial charge in [-0.05, 0) is 55.3 Å². The lowest BCUT2D eigenvalue weighted by Gasteiger charge is -2.10. The van der Waals surface area contributed by atoms with Crippen LogP contribution >= 0.6 is 23.2 Å². The molecule has 0 spiro atoms. The van der Waals surface area contributed by atoms with E-state index in [1.807, 2.05) is 13.8 Å². The maximum atomic E-state index is 12.2. The molecule has 0 saturated carbocycles. The molecule has 0 bridgehead atoms. The quantitative estimate of drug-likeness (QED) is 0.630. The summed E-state index contributed by atoms with van der Waals surface area (Å²) in [5, 5.41) is 3.34. The van der Waals surface area contributed by atoms with Gasteiger partial charge in [0.15, 0.2) is 6.61 Å². The lowest BCUT2D eigenvalue weighted by atomic mass is 10.1. The second-order valence-corrected chi connectivity index (χ2v) is 8.47. The van der Waals surface area contributed by atoms with Gasteiger partial charge in [-0.15, -0.1) is 0 Å². The summed E-state index contributed by atoms with van der Waals surface area (Å²) in [5.74, 6) is -0.0574. The Kier molecular flexibility index (Phi) is 7.49. The molecule has 2 rings (SSSR count). The number of nitrogens with one attached hydrogen (secondary N) is 2. The van der Waals surface area contributed by atoms with Crippen molar-refractivity contribution in [2.24, 2.45) is 0 Å². The molecule has 2 aromatic carbocycles. The van der Waals surface area contributed by atoms with E-state index in [9.17, 15) is 13.2 Å². The van der Waals surface area contributed by atoms with Crippen molar-refractivity contribution in [1.29, 1.82) is 0 Å². The number of hydrogen-bond donors (Lipinski definition) is 2. The summed E-state index contributed by atoms with van der Waals surface area (Å²) >= 11 is 11.7. The smallest absolute Gasteiger partial charge is 0.257 e. The predicted molar refractivity (Wildman–Crippen MR) is 106 cm³/mol. The summed E-state index contributed by atoms with van der Waals surface area (Å²) in [5.41, 5.74) is 1.91. The van der Waals surface area contributed by atoms with E-state index in [1.165, 1.54) is 6.07 Å². The molecular weight excluding hydrogens is 411 g/mol. The minimum atomic E-state index is -3.62. The number of aryl methyl sites for hydroxylation is 2. The molecule has 0 heterocycles. The zero-order chi connectivity index (χ0) is 20.0. The monoisotopic (exact) mass is 430 g/mol. The average molecular weight is 431 g/mol. The highest BCUT2D eigenvalue weighted by Crippen LogP contribution is 2.27. The highest BCUT2D eigenvalue weighted by molar-refractivity contribution is 7.89. The van der Waals surface area contributed by atoms with Crippen LogP contribution in [0.4, 0.5) is 0 Å². The highest BCUT2D eigenvalue weighted by Gasteiger charge is 2.14. The third kappa shape index (κ3) is 6.39. The summed E-state index contributed by atoms with van der Waals surface area (Å²) in [7, 11) is -3.62. The van der Waals surface area contributed by atoms with Gasteiger partial charge in [0.25, 0.3) is 5.91 Å². The fourth-order valence-corrected chi connectivity index (χ4v) is 3.72. The van der Waals surface area contributed by atoms with Crippen molar-refractivity contribution in [2.75, 3.05) is 19.7 Å². The molecule has 0 aliphatic heterocycles. The van der Waals surface area contributed by atoms with Gasteiger partial charge >= 0.3 is 0 Å². The van der Waals surface area contributed by atoms with Crippen LogP contribution in [-0.4, -0.2) is 34.0 Å². The van der Waals surface area contributed by atoms with Crippen molar-refractivity contribution in [3.05, 3.63) is 57.6 Å². The Morgan fingerprint density at radius 2 is 1.78 bits per heavy atom. The molecule has 6 nitrogen and oxygen atoms in total. The molecule has 0 saturated heterocycles. The normalized spacial score (nSPS) is 11.3. The maximum absolute atomic E-state index is 12.2. The molecule has 0 atom stereocenters. The van der Waals surface area contributed by atoms with E-state index in [1.54, 1.807) is 30.3 Å². The predicted octanol–water partition coefficient (Wildman–Crippen LogP) is 3.08. The molecule has 146 valence electrons. The molecule has 1 amide bonds. The minimum Gasteiger partial charge on any atom is -0.482 e. The van der Waals surface area contributed by atoms with Gasteiger partial charge in [0.05, 0.1) is 9.92 Å². The van der Waals surface area contributed by atoms with Crippen LogP contribution < -0.4 is 14.8 Å². The van der Waals surface area contributed by atoms with Gasteiger partial charge in [-0.25, -0.2) is 13.1 Å². The highest BCUT2D eigenvalue weighted by atomic mass is 35.5. The Morgan fingerprint density at radius 3 is 2.44 bits per heavy atom. The van der Waals surface area contributed by atoms with E-state index >= 15 is 0 Å². The summed E-state index contributed by atoms with van der Waals surface area (Å²) in [4.78, 5) is 12.0. The summed E-state index contributed by atoms with van der Waals surface area (Å²) in [6.45, 7) is 3.70. The molecule has 9 heteroatoms. The minimum absolute atomic E-state index is 0.0582. The number of halogens is 2. The van der Waals surface area contributed by atoms with Gasteiger partial charge in [-0.3, -0.25) is 4.79 Å². The Bertz CT molecular complexity index is 933. The molecule has 0 radical (unpaired) electrons. The fourth-order valence-electron chi connectivity index (χ4n) is 2.14. The second-order valence-electron chi connectivity index (χ2n) is 5.86. The first-order valence-corrected chi connectivity index (χ1v) is 10.3. The van der Waals surface area contributed by atoms with E-state index in [0.717, 1.165) is 11.1 Å². The number of carbonyl (C=O) groups is 1. The zero-order valence-corrected chi connectivity index (χ0v) is 17.2. The van der Waals surface area contributed by atoms with Gasteiger partial charge in [0.1, 0.15) is 5.75 Å². The number of hydrogen-bond acceptors (Lipinski definition) is 4. The van der Waals surface area contributed by atoms with Crippen LogP contribution in [0.3, 0.4) is 0 Å². The molecule has 27 heavy (non-hydrogen) atoms. The van der Waals surface area contributed by atoms with Crippen LogP contribution in [0, 0.1) is 13.8 Å². The van der Waals surface area contributed by atoms with Crippen LogP contribution in [0.5, 0.6) is 5.75 Å². The van der Waals surface area contributed by atoms with Crippen LogP contribution in [0.2, 0.25) is 10.0 Å². The van der Waals surface area contributed by atoms with E-state index in [0.29, 0.717) is 15.8 Å². The average Bonchev–Trinajstić information content (AvgIpc) is 2.60. The van der Waals surface area contributed by atoms with E-state index in [-0.39, 0.29) is 24.6 Å². The number of carbonyl (C=O) groups excluding carboxylic acids is 1. The Morgan fingerprint density at radius 1 is 1.04 bits per heavy atom. The number of sulfonamides is 1. The summed E-state index contributed by atoms with van der Waals surface area (Å²) in [6, 6.07) is 9.59. The van der Waals surface area contributed by atoms with Crippen molar-refractivity contribution in [3.8, 4) is 5.75 Å². The van der Waals surface area contributed by atoms with E-state index in [2.05, 4.69) is 10.0 Å². The standard InChI is InChI=1S/C18H20Cl2N2O4S/c1-12-3-5-15(9-13(12)2)27(24,25)22-8-7-21-18(23)11-26-17-6-4-14(19)10-16(17)20/h3-6,9-10,22H,7-8,11H2,1-2H3,(H,21,23). The van der Waals surface area contributed by atoms with Gasteiger partial charge in [0, 0.05) is 18.1 Å². The van der Waals surface area contributed by atoms with Crippen LogP contribution in [0.15, 0.2) is 41.3 Å². The molecule has 2 aromatic rings. The number of rotatable bonds is 8. The number of amides is 1. The van der Waals surface area contributed by atoms with Gasteiger partial charge in [-0.2, -0.15) is 0 Å². The number of benzene rings is 2. The Balaban J connectivity index is 1.77. The fraction of sp³-hybridized carbons (Fsp3) is 0.278. The van der Waals surface area contributed by atoms with Crippen LogP contribution in [0.25, 0.3) is 0 Å². The molecule has 0 aliphatic rings. The van der Waals surface area contributed by atoms with E-state index in [4.69, 9.17) is 27.9 Å². The molecule has 2 N–H and O–H groups in total. The Labute approximate surface area is 168 Å². The second kappa shape index (κ2) is 9.41. The van der Waals surface area contributed by atoms with Gasteiger partial charge < -0.3 is 10.1 Å². The lowest BCUT2D eigenvalue weighted by molar-refractivity contribution is -0.123. The molecule has 0 aliphatic carbocycles. The summed E-state index contributed by atoms with van der Waals surface area (Å²) < 4.78 is 32.2. The first kappa shape index (κ1) is 21.5. The molecular formula is C18H20Cl2N2O4S. The van der Waals surface area contributed by atoms with Crippen molar-refractivity contribution >= 4 is 39.1 Å². The summed E-state index contributed by atoms with van der Waals surface area (Å²) in [6.07, 6.45) is 0. The molecule has 0 unspecified atom stereocenters. The largest absolute Gasteiger partial charge is 0.482 e. The van der Waals surface area contributed by atoms with Crippen molar-refractivity contribution in [3.63, 3.8) is 0 Å². The third-order valence-electron chi connectivity index (χ3n) is 3.78. The lowest BCUT2D eigenvalue weighted by Crippen LogP contribution is -2.36. The van der Waals surface area contributed by atoms with Crippen molar-refractivity contribution in [1.82, 2.24) is 10.0 Å². The van der Waals surface area contributed by atoms with Gasteiger partial charge in [-0.1, -0.05) is 29.3 Å². The first-order chi connectivity index (χ1) is 12.7. The van der Waals surface area contributed by atoms with E-state index < -0.39 is 15.9 Å². The van der Waals surface area contributed by atoms with Crippen molar-refractivity contribution in [2.45, 2.75) is 18.7 Å². The van der Waals surface area contributed by atoms with Crippen LogP contribution in [-0.2, 0) is 14.8 Å². The maximum Gasteiger partial charge on any atom is 0.257 e. The van der Waals surface area contributed by atoms with Crippen molar-refractivity contribution < 1.29 is 17.9 Å². The third-order valence-corrected chi connectivity index (χ3v) is 5.77. The Hall–Kier alpha value is -1.80. The number of ether oxygens (including phenoxy) is 1. The van der Waals surface area contributed by atoms with Crippen LogP contribution in [0.1, 0.15) is 11.1 Å². The SMILES string of the molecule is Cc1ccc(S(=O)(=O)NCCNC(=O)COc2ccc(Cl)cc2Cl)cc1C. The molecule has 0 aromatic heterocycles. The zero-order valence-electron chi connectivity index (χ0n) is 14.9. The topological polar surface area (TPSA) is 84.5 Å².